The normalized spacial score (nSPS) is 16.3. The number of alkyl halides is 6. The van der Waals surface area contributed by atoms with Crippen molar-refractivity contribution in [2.45, 2.75) is 52.4 Å². The summed E-state index contributed by atoms with van der Waals surface area (Å²) in [6, 6.07) is 0. The molecule has 98 valence electrons. The van der Waals surface area contributed by atoms with Crippen LogP contribution in [0.4, 0.5) is 26.3 Å². The van der Waals surface area contributed by atoms with E-state index in [4.69, 9.17) is 0 Å². The highest BCUT2D eigenvalue weighted by molar-refractivity contribution is 4.90. The van der Waals surface area contributed by atoms with Crippen LogP contribution >= 0.6 is 0 Å². The summed E-state index contributed by atoms with van der Waals surface area (Å²) >= 11 is 0. The van der Waals surface area contributed by atoms with Gasteiger partial charge in [-0.1, -0.05) is 26.7 Å². The van der Waals surface area contributed by atoms with Crippen molar-refractivity contribution in [1.29, 1.82) is 0 Å². The number of hydrogen-bond donors (Lipinski definition) is 0. The van der Waals surface area contributed by atoms with Gasteiger partial charge in [-0.25, -0.2) is 0 Å². The van der Waals surface area contributed by atoms with Gasteiger partial charge in [0, 0.05) is 0 Å². The quantitative estimate of drug-likeness (QED) is 0.620. The number of halogens is 6. The van der Waals surface area contributed by atoms with Gasteiger partial charge in [-0.3, -0.25) is 0 Å². The van der Waals surface area contributed by atoms with Crippen molar-refractivity contribution in [3.05, 3.63) is 0 Å². The van der Waals surface area contributed by atoms with Crippen molar-refractivity contribution >= 4 is 0 Å². The molecule has 0 aliphatic rings. The van der Waals surface area contributed by atoms with Crippen LogP contribution in [0.3, 0.4) is 0 Å². The van der Waals surface area contributed by atoms with Crippen LogP contribution in [0.15, 0.2) is 0 Å². The third-order valence-corrected chi connectivity index (χ3v) is 2.79. The molecule has 0 N–H and O–H groups in total. The molecule has 0 rings (SSSR count). The summed E-state index contributed by atoms with van der Waals surface area (Å²) in [7, 11) is 0. The molecule has 0 fully saturated rings. The molecule has 1 atom stereocenters. The molecule has 0 aliphatic carbocycles. The Bertz CT molecular complexity index is 200. The smallest absolute Gasteiger partial charge is 0.170 e. The van der Waals surface area contributed by atoms with Crippen LogP contribution in [0, 0.1) is 11.3 Å². The maximum atomic E-state index is 12.5. The van der Waals surface area contributed by atoms with Crippen molar-refractivity contribution in [2.24, 2.45) is 11.3 Å². The average molecular weight is 250 g/mol. The highest BCUT2D eigenvalue weighted by Crippen LogP contribution is 2.53. The molecule has 0 saturated carbocycles. The summed E-state index contributed by atoms with van der Waals surface area (Å²) < 4.78 is 74.9. The third kappa shape index (κ3) is 3.28. The van der Waals surface area contributed by atoms with Gasteiger partial charge in [0.25, 0.3) is 0 Å². The molecule has 0 nitrogen and oxygen atoms in total. The van der Waals surface area contributed by atoms with E-state index in [9.17, 15) is 26.3 Å². The zero-order chi connectivity index (χ0) is 13.2. The van der Waals surface area contributed by atoms with E-state index in [0.29, 0.717) is 12.8 Å². The molecule has 0 aromatic carbocycles. The molecule has 0 aromatic rings. The first-order valence-electron chi connectivity index (χ1n) is 5.09. The van der Waals surface area contributed by atoms with Gasteiger partial charge in [0.05, 0.1) is 0 Å². The molecule has 16 heavy (non-hydrogen) atoms. The maximum absolute atomic E-state index is 12.5. The summed E-state index contributed by atoms with van der Waals surface area (Å²) in [5.74, 6) is -0.599. The first-order valence-corrected chi connectivity index (χ1v) is 5.09. The highest BCUT2D eigenvalue weighted by Gasteiger charge is 2.67. The summed E-state index contributed by atoms with van der Waals surface area (Å²) in [5, 5.41) is 0. The molecule has 0 aliphatic heterocycles. The van der Waals surface area contributed by atoms with Crippen molar-refractivity contribution in [1.82, 2.24) is 0 Å². The van der Waals surface area contributed by atoms with E-state index in [0.717, 1.165) is 0 Å². The van der Waals surface area contributed by atoms with E-state index < -0.39 is 30.1 Å². The van der Waals surface area contributed by atoms with Crippen LogP contribution in [0.5, 0.6) is 0 Å². The first kappa shape index (κ1) is 15.6. The predicted octanol–water partition coefficient (Wildman–Crippen LogP) is 4.94. The second-order valence-electron chi connectivity index (χ2n) is 4.43. The molecule has 0 aromatic heterocycles. The van der Waals surface area contributed by atoms with Gasteiger partial charge in [0.2, 0.25) is 0 Å². The number of rotatable bonds is 4. The minimum Gasteiger partial charge on any atom is -0.170 e. The lowest BCUT2D eigenvalue weighted by Crippen LogP contribution is -2.48. The van der Waals surface area contributed by atoms with E-state index in [1.165, 1.54) is 6.92 Å². The fraction of sp³-hybridized carbons (Fsp3) is 1.00. The predicted molar refractivity (Wildman–Crippen MR) is 48.9 cm³/mol. The SMILES string of the molecule is CCC[C@H](C)CC(C)(C(F)(F)F)C(F)(F)F. The van der Waals surface area contributed by atoms with Gasteiger partial charge < -0.3 is 0 Å². The van der Waals surface area contributed by atoms with Crippen molar-refractivity contribution in [3.63, 3.8) is 0 Å². The lowest BCUT2D eigenvalue weighted by atomic mass is 9.79. The molecule has 0 saturated heterocycles. The van der Waals surface area contributed by atoms with Gasteiger partial charge >= 0.3 is 12.4 Å². The Kier molecular flexibility index (Phi) is 4.71. The maximum Gasteiger partial charge on any atom is 0.402 e. The van der Waals surface area contributed by atoms with E-state index in [-0.39, 0.29) is 6.92 Å². The Balaban J connectivity index is 4.98. The Labute approximate surface area is 91.0 Å². The van der Waals surface area contributed by atoms with Crippen molar-refractivity contribution < 1.29 is 26.3 Å². The minimum atomic E-state index is -5.26. The van der Waals surface area contributed by atoms with Crippen molar-refractivity contribution in [2.75, 3.05) is 0 Å². The van der Waals surface area contributed by atoms with E-state index in [1.807, 2.05) is 0 Å². The molecular weight excluding hydrogens is 234 g/mol. The monoisotopic (exact) mass is 250 g/mol. The topological polar surface area (TPSA) is 0 Å². The Morgan fingerprint density at radius 1 is 0.938 bits per heavy atom. The highest BCUT2D eigenvalue weighted by atomic mass is 19.4. The zero-order valence-corrected chi connectivity index (χ0v) is 9.47. The zero-order valence-electron chi connectivity index (χ0n) is 9.47. The third-order valence-electron chi connectivity index (χ3n) is 2.79. The molecule has 0 amide bonds. The summed E-state index contributed by atoms with van der Waals surface area (Å²) in [5.41, 5.74) is -3.60. The second-order valence-corrected chi connectivity index (χ2v) is 4.43. The Hall–Kier alpha value is -0.420. The van der Waals surface area contributed by atoms with E-state index >= 15 is 0 Å². The molecule has 0 unspecified atom stereocenters. The molecule has 0 bridgehead atoms. The summed E-state index contributed by atoms with van der Waals surface area (Å²) in [6.07, 6.45) is -10.5. The number of hydrogen-bond acceptors (Lipinski definition) is 0. The Morgan fingerprint density at radius 2 is 1.31 bits per heavy atom. The van der Waals surface area contributed by atoms with Crippen LogP contribution < -0.4 is 0 Å². The standard InChI is InChI=1S/C10H16F6/c1-4-5-7(2)6-8(3,9(11,12)13)10(14,15)16/h7H,4-6H2,1-3H3/t7-/m0/s1. The van der Waals surface area contributed by atoms with Crippen LogP contribution in [0.25, 0.3) is 0 Å². The fourth-order valence-corrected chi connectivity index (χ4v) is 1.68. The molecule has 0 spiro atoms. The molecular formula is C10H16F6. The largest absolute Gasteiger partial charge is 0.402 e. The van der Waals surface area contributed by atoms with Gasteiger partial charge in [-0.05, 0) is 19.3 Å². The van der Waals surface area contributed by atoms with Crippen LogP contribution in [-0.4, -0.2) is 12.4 Å². The van der Waals surface area contributed by atoms with Gasteiger partial charge in [-0.2, -0.15) is 26.3 Å². The van der Waals surface area contributed by atoms with Crippen LogP contribution in [0.1, 0.15) is 40.0 Å². The fourth-order valence-electron chi connectivity index (χ4n) is 1.68. The Morgan fingerprint density at radius 3 is 1.56 bits per heavy atom. The van der Waals surface area contributed by atoms with E-state index in [2.05, 4.69) is 0 Å². The van der Waals surface area contributed by atoms with Crippen LogP contribution in [0.2, 0.25) is 0 Å². The molecule has 6 heteroatoms. The molecule has 0 radical (unpaired) electrons. The average Bonchev–Trinajstić information content (AvgIpc) is 1.99. The van der Waals surface area contributed by atoms with Gasteiger partial charge in [0.15, 0.2) is 5.41 Å². The first-order chi connectivity index (χ1) is 6.95. The van der Waals surface area contributed by atoms with Gasteiger partial charge in [0.1, 0.15) is 0 Å². The minimum absolute atomic E-state index is 0.235. The van der Waals surface area contributed by atoms with Crippen LogP contribution in [-0.2, 0) is 0 Å². The summed E-state index contributed by atoms with van der Waals surface area (Å²) in [6.45, 7) is 3.38. The molecule has 0 heterocycles. The lowest BCUT2D eigenvalue weighted by Gasteiger charge is -2.35. The van der Waals surface area contributed by atoms with Gasteiger partial charge in [-0.15, -0.1) is 0 Å². The second kappa shape index (κ2) is 4.84. The summed E-state index contributed by atoms with van der Waals surface area (Å²) in [4.78, 5) is 0. The van der Waals surface area contributed by atoms with Crippen molar-refractivity contribution in [3.8, 4) is 0 Å². The lowest BCUT2D eigenvalue weighted by molar-refractivity contribution is -0.339. The van der Waals surface area contributed by atoms with E-state index in [1.54, 1.807) is 6.92 Å².